The number of Topliss-reactive ketones (excluding diaryl/α,β-unsaturated/α-hetero) is 1. The van der Waals surface area contributed by atoms with E-state index < -0.39 is 0 Å². The van der Waals surface area contributed by atoms with Crippen molar-refractivity contribution in [2.45, 2.75) is 45.6 Å². The number of rotatable bonds is 10. The standard InChI is InChI=1S/C22H27NO3/c1-3-26-20-13-11-19(12-14-20)21(24)15-16-22(25)23-17(2)9-10-18-7-5-4-6-8-18/h4-8,11-14,17H,3,9-10,15-16H2,1-2H3,(H,23,25). The van der Waals surface area contributed by atoms with Gasteiger partial charge in [0.05, 0.1) is 6.61 Å². The van der Waals surface area contributed by atoms with Crippen molar-refractivity contribution in [1.29, 1.82) is 0 Å². The van der Waals surface area contributed by atoms with Crippen molar-refractivity contribution in [2.24, 2.45) is 0 Å². The van der Waals surface area contributed by atoms with Crippen LogP contribution in [0.15, 0.2) is 54.6 Å². The van der Waals surface area contributed by atoms with Gasteiger partial charge in [0.2, 0.25) is 5.91 Å². The lowest BCUT2D eigenvalue weighted by Gasteiger charge is -2.13. The smallest absolute Gasteiger partial charge is 0.220 e. The highest BCUT2D eigenvalue weighted by Gasteiger charge is 2.12. The lowest BCUT2D eigenvalue weighted by atomic mass is 10.0. The summed E-state index contributed by atoms with van der Waals surface area (Å²) in [6.45, 7) is 4.50. The zero-order chi connectivity index (χ0) is 18.8. The van der Waals surface area contributed by atoms with Crippen molar-refractivity contribution >= 4 is 11.7 Å². The average molecular weight is 353 g/mol. The molecule has 4 heteroatoms. The summed E-state index contributed by atoms with van der Waals surface area (Å²) in [5.74, 6) is 0.638. The first kappa shape index (κ1) is 19.7. The first-order valence-corrected chi connectivity index (χ1v) is 9.18. The molecule has 0 heterocycles. The Balaban J connectivity index is 1.70. The van der Waals surface area contributed by atoms with Crippen LogP contribution in [0.4, 0.5) is 0 Å². The summed E-state index contributed by atoms with van der Waals surface area (Å²) in [5.41, 5.74) is 1.87. The molecule has 1 N–H and O–H groups in total. The van der Waals surface area contributed by atoms with Crippen LogP contribution in [0.2, 0.25) is 0 Å². The van der Waals surface area contributed by atoms with E-state index in [-0.39, 0.29) is 30.6 Å². The molecule has 0 fully saturated rings. The third-order valence-electron chi connectivity index (χ3n) is 4.18. The molecular formula is C22H27NO3. The van der Waals surface area contributed by atoms with Gasteiger partial charge in [0.15, 0.2) is 5.78 Å². The minimum Gasteiger partial charge on any atom is -0.494 e. The summed E-state index contributed by atoms with van der Waals surface area (Å²) in [6.07, 6.45) is 2.23. The monoisotopic (exact) mass is 353 g/mol. The third kappa shape index (κ3) is 6.71. The SMILES string of the molecule is CCOc1ccc(C(=O)CCC(=O)NC(C)CCc2ccccc2)cc1. The van der Waals surface area contributed by atoms with Crippen molar-refractivity contribution in [3.8, 4) is 5.75 Å². The van der Waals surface area contributed by atoms with E-state index >= 15 is 0 Å². The third-order valence-corrected chi connectivity index (χ3v) is 4.18. The van der Waals surface area contributed by atoms with Gasteiger partial charge in [0.1, 0.15) is 5.75 Å². The summed E-state index contributed by atoms with van der Waals surface area (Å²) < 4.78 is 5.36. The molecule has 0 saturated heterocycles. The predicted octanol–water partition coefficient (Wildman–Crippen LogP) is 4.19. The van der Waals surface area contributed by atoms with Crippen molar-refractivity contribution in [3.63, 3.8) is 0 Å². The van der Waals surface area contributed by atoms with Crippen molar-refractivity contribution in [1.82, 2.24) is 5.32 Å². The van der Waals surface area contributed by atoms with Crippen molar-refractivity contribution in [3.05, 3.63) is 65.7 Å². The summed E-state index contributed by atoms with van der Waals surface area (Å²) in [6, 6.07) is 17.3. The maximum atomic E-state index is 12.2. The number of nitrogens with one attached hydrogen (secondary N) is 1. The second-order valence-electron chi connectivity index (χ2n) is 6.37. The van der Waals surface area contributed by atoms with Crippen molar-refractivity contribution < 1.29 is 14.3 Å². The Bertz CT molecular complexity index is 695. The Labute approximate surface area is 155 Å². The molecule has 0 aliphatic heterocycles. The number of carbonyl (C=O) groups is 2. The molecule has 2 aromatic rings. The van der Waals surface area contributed by atoms with Crippen LogP contribution in [0.1, 0.15) is 49.0 Å². The number of benzene rings is 2. The minimum atomic E-state index is -0.0788. The molecule has 0 spiro atoms. The number of ketones is 1. The lowest BCUT2D eigenvalue weighted by molar-refractivity contribution is -0.121. The van der Waals surface area contributed by atoms with Gasteiger partial charge in [0.25, 0.3) is 0 Å². The predicted molar refractivity (Wildman–Crippen MR) is 104 cm³/mol. The second kappa shape index (κ2) is 10.4. The van der Waals surface area contributed by atoms with E-state index in [0.29, 0.717) is 12.2 Å². The Morgan fingerprint density at radius 1 is 1.00 bits per heavy atom. The van der Waals surface area contributed by atoms with E-state index in [1.165, 1.54) is 5.56 Å². The maximum absolute atomic E-state index is 12.2. The summed E-state index contributed by atoms with van der Waals surface area (Å²) in [5, 5.41) is 2.97. The quantitative estimate of drug-likeness (QED) is 0.652. The van der Waals surface area contributed by atoms with Crippen LogP contribution in [0, 0.1) is 0 Å². The Morgan fingerprint density at radius 3 is 2.35 bits per heavy atom. The number of aryl methyl sites for hydroxylation is 1. The average Bonchev–Trinajstić information content (AvgIpc) is 2.66. The van der Waals surface area contributed by atoms with Crippen LogP contribution in [-0.2, 0) is 11.2 Å². The fourth-order valence-electron chi connectivity index (χ4n) is 2.72. The fourth-order valence-corrected chi connectivity index (χ4v) is 2.72. The molecule has 2 aromatic carbocycles. The number of ether oxygens (including phenoxy) is 1. The van der Waals surface area contributed by atoms with Crippen LogP contribution in [0.3, 0.4) is 0 Å². The number of hydrogen-bond donors (Lipinski definition) is 1. The van der Waals surface area contributed by atoms with Gasteiger partial charge >= 0.3 is 0 Å². The molecular weight excluding hydrogens is 326 g/mol. The molecule has 0 radical (unpaired) electrons. The molecule has 1 atom stereocenters. The topological polar surface area (TPSA) is 55.4 Å². The number of carbonyl (C=O) groups excluding carboxylic acids is 2. The van der Waals surface area contributed by atoms with Crippen LogP contribution in [0.5, 0.6) is 5.75 Å². The van der Waals surface area contributed by atoms with Crippen LogP contribution < -0.4 is 10.1 Å². The van der Waals surface area contributed by atoms with Gasteiger partial charge in [-0.25, -0.2) is 0 Å². The fraction of sp³-hybridized carbons (Fsp3) is 0.364. The van der Waals surface area contributed by atoms with Gasteiger partial charge in [-0.15, -0.1) is 0 Å². The minimum absolute atomic E-state index is 0.0277. The van der Waals surface area contributed by atoms with Crippen LogP contribution in [-0.4, -0.2) is 24.3 Å². The highest BCUT2D eigenvalue weighted by atomic mass is 16.5. The van der Waals surface area contributed by atoms with Gasteiger partial charge in [-0.3, -0.25) is 9.59 Å². The molecule has 4 nitrogen and oxygen atoms in total. The zero-order valence-electron chi connectivity index (χ0n) is 15.5. The second-order valence-corrected chi connectivity index (χ2v) is 6.37. The largest absolute Gasteiger partial charge is 0.494 e. The number of amides is 1. The lowest BCUT2D eigenvalue weighted by Crippen LogP contribution is -2.33. The molecule has 0 aromatic heterocycles. The van der Waals surface area contributed by atoms with Crippen LogP contribution >= 0.6 is 0 Å². The maximum Gasteiger partial charge on any atom is 0.220 e. The van der Waals surface area contributed by atoms with E-state index in [4.69, 9.17) is 4.74 Å². The number of hydrogen-bond acceptors (Lipinski definition) is 3. The molecule has 0 bridgehead atoms. The molecule has 2 rings (SSSR count). The van der Waals surface area contributed by atoms with E-state index in [2.05, 4.69) is 17.4 Å². The normalized spacial score (nSPS) is 11.6. The Hall–Kier alpha value is -2.62. The van der Waals surface area contributed by atoms with Gasteiger partial charge in [0, 0.05) is 24.4 Å². The van der Waals surface area contributed by atoms with Gasteiger partial charge in [-0.1, -0.05) is 30.3 Å². The van der Waals surface area contributed by atoms with Crippen LogP contribution in [0.25, 0.3) is 0 Å². The van der Waals surface area contributed by atoms with Gasteiger partial charge in [-0.05, 0) is 56.5 Å². The highest BCUT2D eigenvalue weighted by molar-refractivity contribution is 5.98. The van der Waals surface area contributed by atoms with E-state index in [1.807, 2.05) is 32.0 Å². The molecule has 138 valence electrons. The summed E-state index contributed by atoms with van der Waals surface area (Å²) in [7, 11) is 0. The molecule has 0 aliphatic carbocycles. The highest BCUT2D eigenvalue weighted by Crippen LogP contribution is 2.14. The summed E-state index contributed by atoms with van der Waals surface area (Å²) in [4.78, 5) is 24.3. The molecule has 1 unspecified atom stereocenters. The first-order valence-electron chi connectivity index (χ1n) is 9.18. The Kier molecular flexibility index (Phi) is 7.87. The molecule has 0 aliphatic rings. The van der Waals surface area contributed by atoms with Gasteiger partial charge < -0.3 is 10.1 Å². The van der Waals surface area contributed by atoms with E-state index in [1.54, 1.807) is 24.3 Å². The summed E-state index contributed by atoms with van der Waals surface area (Å²) >= 11 is 0. The molecule has 1 amide bonds. The molecule has 26 heavy (non-hydrogen) atoms. The zero-order valence-corrected chi connectivity index (χ0v) is 15.5. The van der Waals surface area contributed by atoms with E-state index in [0.717, 1.165) is 18.6 Å². The van der Waals surface area contributed by atoms with Crippen molar-refractivity contribution in [2.75, 3.05) is 6.61 Å². The van der Waals surface area contributed by atoms with E-state index in [9.17, 15) is 9.59 Å². The Morgan fingerprint density at radius 2 is 1.69 bits per heavy atom. The molecule has 0 saturated carbocycles. The first-order chi connectivity index (χ1) is 12.6. The van der Waals surface area contributed by atoms with Gasteiger partial charge in [-0.2, -0.15) is 0 Å².